The molecular weight excluding hydrogens is 263 g/mol. The van der Waals surface area contributed by atoms with E-state index in [4.69, 9.17) is 5.73 Å². The molecule has 0 heterocycles. The molecule has 1 unspecified atom stereocenters. The van der Waals surface area contributed by atoms with Crippen LogP contribution >= 0.6 is 0 Å². The number of hydrogen-bond acceptors (Lipinski definition) is 1. The Morgan fingerprint density at radius 3 is 2.40 bits per heavy atom. The first-order chi connectivity index (χ1) is 9.38. The maximum absolute atomic E-state index is 12.7. The molecule has 0 aliphatic carbocycles. The van der Waals surface area contributed by atoms with Crippen molar-refractivity contribution in [2.45, 2.75) is 25.6 Å². The van der Waals surface area contributed by atoms with Gasteiger partial charge in [0.05, 0.1) is 5.56 Å². The fourth-order valence-electron chi connectivity index (χ4n) is 2.24. The summed E-state index contributed by atoms with van der Waals surface area (Å²) >= 11 is 0. The lowest BCUT2D eigenvalue weighted by molar-refractivity contribution is -0.137. The van der Waals surface area contributed by atoms with Gasteiger partial charge in [0, 0.05) is 6.04 Å². The normalized spacial score (nSPS) is 13.2. The highest BCUT2D eigenvalue weighted by atomic mass is 19.4. The summed E-state index contributed by atoms with van der Waals surface area (Å²) in [6, 6.07) is 12.7. The maximum Gasteiger partial charge on any atom is 0.416 e. The van der Waals surface area contributed by atoms with Crippen molar-refractivity contribution in [1.29, 1.82) is 0 Å². The Hall–Kier alpha value is -1.81. The molecule has 2 rings (SSSR count). The number of nitrogens with two attached hydrogens (primary N) is 1. The van der Waals surface area contributed by atoms with Gasteiger partial charge in [0.1, 0.15) is 0 Å². The Morgan fingerprint density at radius 1 is 1.05 bits per heavy atom. The Morgan fingerprint density at radius 2 is 1.75 bits per heavy atom. The molecule has 106 valence electrons. The third-order valence-corrected chi connectivity index (χ3v) is 3.30. The highest BCUT2D eigenvalue weighted by Gasteiger charge is 2.30. The van der Waals surface area contributed by atoms with E-state index in [-0.39, 0.29) is 6.04 Å². The molecule has 0 aliphatic heterocycles. The Balaban J connectivity index is 2.20. The van der Waals surface area contributed by atoms with Gasteiger partial charge in [-0.15, -0.1) is 0 Å². The molecule has 0 bridgehead atoms. The monoisotopic (exact) mass is 279 g/mol. The summed E-state index contributed by atoms with van der Waals surface area (Å²) in [7, 11) is 0. The Kier molecular flexibility index (Phi) is 4.14. The van der Waals surface area contributed by atoms with Gasteiger partial charge < -0.3 is 5.73 Å². The highest BCUT2D eigenvalue weighted by molar-refractivity contribution is 5.32. The molecule has 0 spiro atoms. The zero-order valence-electron chi connectivity index (χ0n) is 11.1. The lowest BCUT2D eigenvalue weighted by atomic mass is 9.95. The van der Waals surface area contributed by atoms with Gasteiger partial charge in [0.25, 0.3) is 0 Å². The van der Waals surface area contributed by atoms with E-state index in [0.29, 0.717) is 12.0 Å². The second-order valence-corrected chi connectivity index (χ2v) is 4.87. The second kappa shape index (κ2) is 5.67. The van der Waals surface area contributed by atoms with Crippen LogP contribution in [-0.2, 0) is 12.6 Å². The number of halogens is 3. The zero-order chi connectivity index (χ0) is 14.8. The third-order valence-electron chi connectivity index (χ3n) is 3.30. The zero-order valence-corrected chi connectivity index (χ0v) is 11.1. The van der Waals surface area contributed by atoms with Crippen molar-refractivity contribution < 1.29 is 13.2 Å². The van der Waals surface area contributed by atoms with Crippen molar-refractivity contribution >= 4 is 0 Å². The summed E-state index contributed by atoms with van der Waals surface area (Å²) in [5, 5.41) is 0. The van der Waals surface area contributed by atoms with Crippen molar-refractivity contribution in [1.82, 2.24) is 0 Å². The summed E-state index contributed by atoms with van der Waals surface area (Å²) in [4.78, 5) is 0. The van der Waals surface area contributed by atoms with Crippen LogP contribution in [0.3, 0.4) is 0 Å². The van der Waals surface area contributed by atoms with Crippen LogP contribution in [0, 0.1) is 6.92 Å². The van der Waals surface area contributed by atoms with Crippen LogP contribution in [0.15, 0.2) is 48.5 Å². The molecule has 0 fully saturated rings. The van der Waals surface area contributed by atoms with Gasteiger partial charge in [-0.25, -0.2) is 0 Å². The van der Waals surface area contributed by atoms with Crippen LogP contribution < -0.4 is 5.73 Å². The predicted molar refractivity (Wildman–Crippen MR) is 73.3 cm³/mol. The number of rotatable bonds is 3. The predicted octanol–water partition coefficient (Wildman–Crippen LogP) is 4.26. The van der Waals surface area contributed by atoms with E-state index in [0.717, 1.165) is 23.3 Å². The van der Waals surface area contributed by atoms with Crippen LogP contribution in [0.2, 0.25) is 0 Å². The summed E-state index contributed by atoms with van der Waals surface area (Å²) in [6.45, 7) is 1.95. The van der Waals surface area contributed by atoms with E-state index in [1.165, 1.54) is 6.07 Å². The lowest BCUT2D eigenvalue weighted by Crippen LogP contribution is -2.15. The molecule has 0 amide bonds. The Bertz CT molecular complexity index is 590. The summed E-state index contributed by atoms with van der Waals surface area (Å²) < 4.78 is 38.0. The SMILES string of the molecule is Cc1ccccc1C(N)Cc1cccc(C(F)(F)F)c1. The molecule has 0 saturated carbocycles. The smallest absolute Gasteiger partial charge is 0.324 e. The van der Waals surface area contributed by atoms with Crippen LogP contribution in [0.25, 0.3) is 0 Å². The molecule has 0 aromatic heterocycles. The van der Waals surface area contributed by atoms with Gasteiger partial charge in [-0.3, -0.25) is 0 Å². The quantitative estimate of drug-likeness (QED) is 0.892. The van der Waals surface area contributed by atoms with Crippen LogP contribution in [0.1, 0.15) is 28.3 Å². The van der Waals surface area contributed by atoms with Gasteiger partial charge in [0.2, 0.25) is 0 Å². The maximum atomic E-state index is 12.7. The molecule has 2 aromatic carbocycles. The molecule has 0 radical (unpaired) electrons. The first-order valence-electron chi connectivity index (χ1n) is 6.35. The van der Waals surface area contributed by atoms with E-state index >= 15 is 0 Å². The molecule has 0 saturated heterocycles. The van der Waals surface area contributed by atoms with Crippen molar-refractivity contribution in [3.63, 3.8) is 0 Å². The van der Waals surface area contributed by atoms with Crippen LogP contribution in [0.4, 0.5) is 13.2 Å². The van der Waals surface area contributed by atoms with E-state index in [2.05, 4.69) is 0 Å². The van der Waals surface area contributed by atoms with E-state index in [1.54, 1.807) is 6.07 Å². The number of hydrogen-bond donors (Lipinski definition) is 1. The fraction of sp³-hybridized carbons (Fsp3) is 0.250. The average molecular weight is 279 g/mol. The van der Waals surface area contributed by atoms with E-state index in [9.17, 15) is 13.2 Å². The molecule has 2 aromatic rings. The van der Waals surface area contributed by atoms with Crippen LogP contribution in [0.5, 0.6) is 0 Å². The average Bonchev–Trinajstić information content (AvgIpc) is 2.38. The fourth-order valence-corrected chi connectivity index (χ4v) is 2.24. The molecule has 4 heteroatoms. The molecular formula is C16H16F3N. The first-order valence-corrected chi connectivity index (χ1v) is 6.35. The van der Waals surface area contributed by atoms with Gasteiger partial charge in [-0.1, -0.05) is 42.5 Å². The minimum absolute atomic E-state index is 0.306. The summed E-state index contributed by atoms with van der Waals surface area (Å²) in [5.41, 5.74) is 8.08. The van der Waals surface area contributed by atoms with Crippen molar-refractivity contribution in [3.8, 4) is 0 Å². The van der Waals surface area contributed by atoms with Crippen molar-refractivity contribution in [2.75, 3.05) is 0 Å². The van der Waals surface area contributed by atoms with Gasteiger partial charge in [-0.2, -0.15) is 13.2 Å². The molecule has 1 nitrogen and oxygen atoms in total. The van der Waals surface area contributed by atoms with Gasteiger partial charge >= 0.3 is 6.18 Å². The van der Waals surface area contributed by atoms with E-state index < -0.39 is 11.7 Å². The third kappa shape index (κ3) is 3.39. The van der Waals surface area contributed by atoms with Crippen molar-refractivity contribution in [2.24, 2.45) is 5.73 Å². The standard InChI is InChI=1S/C16H16F3N/c1-11-5-2-3-8-14(11)15(20)10-12-6-4-7-13(9-12)16(17,18)19/h2-9,15H,10,20H2,1H3. The number of aryl methyl sites for hydroxylation is 1. The van der Waals surface area contributed by atoms with Crippen LogP contribution in [-0.4, -0.2) is 0 Å². The molecule has 2 N–H and O–H groups in total. The van der Waals surface area contributed by atoms with E-state index in [1.807, 2.05) is 31.2 Å². The Labute approximate surface area is 116 Å². The number of alkyl halides is 3. The minimum atomic E-state index is -4.32. The second-order valence-electron chi connectivity index (χ2n) is 4.87. The van der Waals surface area contributed by atoms with Crippen molar-refractivity contribution in [3.05, 3.63) is 70.8 Å². The lowest BCUT2D eigenvalue weighted by Gasteiger charge is -2.16. The topological polar surface area (TPSA) is 26.0 Å². The van der Waals surface area contributed by atoms with Gasteiger partial charge in [-0.05, 0) is 36.1 Å². The summed E-state index contributed by atoms with van der Waals surface area (Å²) in [6.07, 6.45) is -3.93. The number of benzene rings is 2. The molecule has 20 heavy (non-hydrogen) atoms. The molecule has 1 atom stereocenters. The largest absolute Gasteiger partial charge is 0.416 e. The molecule has 0 aliphatic rings. The minimum Gasteiger partial charge on any atom is -0.324 e. The summed E-state index contributed by atoms with van der Waals surface area (Å²) in [5.74, 6) is 0. The highest BCUT2D eigenvalue weighted by Crippen LogP contribution is 2.30. The van der Waals surface area contributed by atoms with Gasteiger partial charge in [0.15, 0.2) is 0 Å². The first kappa shape index (κ1) is 14.6.